The van der Waals surface area contributed by atoms with Gasteiger partial charge in [0, 0.05) is 37.0 Å². The molecule has 1 heterocycles. The third kappa shape index (κ3) is 4.65. The van der Waals surface area contributed by atoms with E-state index < -0.39 is 0 Å². The Labute approximate surface area is 171 Å². The highest BCUT2D eigenvalue weighted by Crippen LogP contribution is 2.23. The highest BCUT2D eigenvalue weighted by Gasteiger charge is 2.29. The summed E-state index contributed by atoms with van der Waals surface area (Å²) >= 11 is 0. The van der Waals surface area contributed by atoms with Gasteiger partial charge in [0.15, 0.2) is 0 Å². The van der Waals surface area contributed by atoms with Crippen LogP contribution in [-0.2, 0) is 4.79 Å². The normalized spacial score (nSPS) is 16.2. The molecule has 1 atom stereocenters. The molecule has 2 aromatic carbocycles. The minimum absolute atomic E-state index is 0.0414. The summed E-state index contributed by atoms with van der Waals surface area (Å²) in [6.45, 7) is 4.85. The zero-order valence-corrected chi connectivity index (χ0v) is 17.1. The maximum Gasteiger partial charge on any atom is 0.253 e. The molecule has 6 heteroatoms. The van der Waals surface area contributed by atoms with Crippen molar-refractivity contribution in [2.24, 2.45) is 5.92 Å². The first-order valence-electron chi connectivity index (χ1n) is 9.89. The quantitative estimate of drug-likeness (QED) is 0.838. The summed E-state index contributed by atoms with van der Waals surface area (Å²) in [5.41, 5.74) is 3.63. The average Bonchev–Trinajstić information content (AvgIpc) is 2.74. The summed E-state index contributed by atoms with van der Waals surface area (Å²) in [6, 6.07) is 12.8. The van der Waals surface area contributed by atoms with Crippen molar-refractivity contribution in [1.82, 2.24) is 10.2 Å². The Morgan fingerprint density at radius 1 is 1.03 bits per heavy atom. The predicted molar refractivity (Wildman–Crippen MR) is 113 cm³/mol. The van der Waals surface area contributed by atoms with Gasteiger partial charge in [-0.2, -0.15) is 0 Å². The number of amides is 3. The fourth-order valence-electron chi connectivity index (χ4n) is 3.64. The monoisotopic (exact) mass is 393 g/mol. The molecular formula is C23H27N3O3. The van der Waals surface area contributed by atoms with Gasteiger partial charge in [0.05, 0.1) is 5.92 Å². The zero-order chi connectivity index (χ0) is 21.0. The Morgan fingerprint density at radius 2 is 1.76 bits per heavy atom. The van der Waals surface area contributed by atoms with Crippen molar-refractivity contribution in [1.29, 1.82) is 0 Å². The minimum Gasteiger partial charge on any atom is -0.355 e. The van der Waals surface area contributed by atoms with Crippen LogP contribution < -0.4 is 10.6 Å². The molecule has 6 nitrogen and oxygen atoms in total. The van der Waals surface area contributed by atoms with E-state index in [9.17, 15) is 14.4 Å². The molecule has 3 amide bonds. The Hall–Kier alpha value is -3.15. The summed E-state index contributed by atoms with van der Waals surface area (Å²) in [7, 11) is 1.58. The third-order valence-electron chi connectivity index (χ3n) is 5.44. The number of carbonyl (C=O) groups excluding carboxylic acids is 3. The molecule has 2 N–H and O–H groups in total. The molecule has 0 aromatic heterocycles. The second-order valence-corrected chi connectivity index (χ2v) is 7.50. The molecule has 0 spiro atoms. The molecule has 1 fully saturated rings. The lowest BCUT2D eigenvalue weighted by atomic mass is 9.96. The molecule has 1 aliphatic heterocycles. The van der Waals surface area contributed by atoms with E-state index in [1.54, 1.807) is 30.1 Å². The second-order valence-electron chi connectivity index (χ2n) is 7.50. The molecule has 152 valence electrons. The highest BCUT2D eigenvalue weighted by molar-refractivity contribution is 6.00. The third-order valence-corrected chi connectivity index (χ3v) is 5.44. The van der Waals surface area contributed by atoms with Gasteiger partial charge in [-0.25, -0.2) is 0 Å². The first-order chi connectivity index (χ1) is 13.9. The maximum absolute atomic E-state index is 12.9. The van der Waals surface area contributed by atoms with Gasteiger partial charge >= 0.3 is 0 Å². The van der Waals surface area contributed by atoms with Crippen molar-refractivity contribution in [3.05, 3.63) is 64.7 Å². The minimum atomic E-state index is -0.277. The number of benzene rings is 2. The van der Waals surface area contributed by atoms with Crippen molar-refractivity contribution in [2.45, 2.75) is 26.7 Å². The van der Waals surface area contributed by atoms with Crippen LogP contribution in [0.1, 0.15) is 44.7 Å². The average molecular weight is 393 g/mol. The lowest BCUT2D eigenvalue weighted by Gasteiger charge is -2.32. The van der Waals surface area contributed by atoms with E-state index in [4.69, 9.17) is 0 Å². The first-order valence-corrected chi connectivity index (χ1v) is 9.89. The molecule has 1 aliphatic rings. The molecule has 1 saturated heterocycles. The first kappa shape index (κ1) is 20.6. The Kier molecular flexibility index (Phi) is 6.32. The fourth-order valence-corrected chi connectivity index (χ4v) is 3.64. The summed E-state index contributed by atoms with van der Waals surface area (Å²) in [5.74, 6) is -0.629. The second kappa shape index (κ2) is 8.90. The van der Waals surface area contributed by atoms with Crippen LogP contribution in [-0.4, -0.2) is 42.8 Å². The van der Waals surface area contributed by atoms with Crippen molar-refractivity contribution >= 4 is 23.4 Å². The van der Waals surface area contributed by atoms with Crippen LogP contribution in [0.25, 0.3) is 0 Å². The van der Waals surface area contributed by atoms with E-state index in [0.29, 0.717) is 29.9 Å². The van der Waals surface area contributed by atoms with E-state index in [2.05, 4.69) is 10.6 Å². The number of rotatable bonds is 4. The Morgan fingerprint density at radius 3 is 2.45 bits per heavy atom. The summed E-state index contributed by atoms with van der Waals surface area (Å²) in [6.07, 6.45) is 1.52. The van der Waals surface area contributed by atoms with Crippen molar-refractivity contribution in [3.8, 4) is 0 Å². The molecule has 2 aromatic rings. The summed E-state index contributed by atoms with van der Waals surface area (Å²) in [5, 5.41) is 5.56. The van der Waals surface area contributed by atoms with Crippen LogP contribution in [0.4, 0.5) is 5.69 Å². The summed E-state index contributed by atoms with van der Waals surface area (Å²) < 4.78 is 0. The van der Waals surface area contributed by atoms with E-state index in [-0.39, 0.29) is 23.6 Å². The lowest BCUT2D eigenvalue weighted by Crippen LogP contribution is -2.43. The van der Waals surface area contributed by atoms with Gasteiger partial charge in [0.1, 0.15) is 0 Å². The topological polar surface area (TPSA) is 78.5 Å². The van der Waals surface area contributed by atoms with Gasteiger partial charge in [-0.05, 0) is 56.5 Å². The molecule has 3 rings (SSSR count). The zero-order valence-electron chi connectivity index (χ0n) is 17.1. The SMILES string of the molecule is CNC(=O)c1cccc(NC(=O)C2CCCN(C(=O)c3ccc(C)cc3)C2)c1C. The fraction of sp³-hybridized carbons (Fsp3) is 0.348. The van der Waals surface area contributed by atoms with Gasteiger partial charge in [0.25, 0.3) is 11.8 Å². The van der Waals surface area contributed by atoms with Crippen LogP contribution >= 0.6 is 0 Å². The Bertz CT molecular complexity index is 921. The molecule has 0 radical (unpaired) electrons. The van der Waals surface area contributed by atoms with Gasteiger partial charge in [-0.3, -0.25) is 14.4 Å². The summed E-state index contributed by atoms with van der Waals surface area (Å²) in [4.78, 5) is 39.4. The molecule has 0 aliphatic carbocycles. The number of nitrogens with one attached hydrogen (secondary N) is 2. The van der Waals surface area contributed by atoms with Gasteiger partial charge in [0.2, 0.25) is 5.91 Å². The van der Waals surface area contributed by atoms with E-state index in [0.717, 1.165) is 24.0 Å². The van der Waals surface area contributed by atoms with Crippen LogP contribution in [0.2, 0.25) is 0 Å². The largest absolute Gasteiger partial charge is 0.355 e. The van der Waals surface area contributed by atoms with Crippen molar-refractivity contribution in [2.75, 3.05) is 25.5 Å². The Balaban J connectivity index is 1.69. The van der Waals surface area contributed by atoms with E-state index in [1.807, 2.05) is 38.1 Å². The molecule has 29 heavy (non-hydrogen) atoms. The molecule has 0 saturated carbocycles. The van der Waals surface area contributed by atoms with E-state index in [1.165, 1.54) is 0 Å². The number of hydrogen-bond acceptors (Lipinski definition) is 3. The number of anilines is 1. The number of nitrogens with zero attached hydrogens (tertiary/aromatic N) is 1. The molecular weight excluding hydrogens is 366 g/mol. The number of piperidine rings is 1. The number of hydrogen-bond donors (Lipinski definition) is 2. The highest BCUT2D eigenvalue weighted by atomic mass is 16.2. The number of carbonyl (C=O) groups is 3. The number of likely N-dealkylation sites (tertiary alicyclic amines) is 1. The van der Waals surface area contributed by atoms with Crippen LogP contribution in [0.5, 0.6) is 0 Å². The van der Waals surface area contributed by atoms with Gasteiger partial charge in [-0.1, -0.05) is 23.8 Å². The van der Waals surface area contributed by atoms with Crippen LogP contribution in [0.3, 0.4) is 0 Å². The maximum atomic E-state index is 12.9. The van der Waals surface area contributed by atoms with Crippen LogP contribution in [0, 0.1) is 19.8 Å². The van der Waals surface area contributed by atoms with Gasteiger partial charge in [-0.15, -0.1) is 0 Å². The predicted octanol–water partition coefficient (Wildman–Crippen LogP) is 3.15. The van der Waals surface area contributed by atoms with Crippen molar-refractivity contribution < 1.29 is 14.4 Å². The van der Waals surface area contributed by atoms with Gasteiger partial charge < -0.3 is 15.5 Å². The van der Waals surface area contributed by atoms with Crippen molar-refractivity contribution in [3.63, 3.8) is 0 Å². The smallest absolute Gasteiger partial charge is 0.253 e. The molecule has 1 unspecified atom stereocenters. The van der Waals surface area contributed by atoms with E-state index >= 15 is 0 Å². The molecule has 0 bridgehead atoms. The standard InChI is InChI=1S/C23H27N3O3/c1-15-9-11-17(12-10-15)23(29)26-13-5-6-18(14-26)21(27)25-20-8-4-7-19(16(20)2)22(28)24-3/h4,7-12,18H,5-6,13-14H2,1-3H3,(H,24,28)(H,25,27). The number of aryl methyl sites for hydroxylation is 1. The van der Waals surface area contributed by atoms with Crippen LogP contribution in [0.15, 0.2) is 42.5 Å². The lowest BCUT2D eigenvalue weighted by molar-refractivity contribution is -0.121.